The molecule has 0 spiro atoms. The standard InChI is InChI=1S/C21H16ClN5O4/c22-13-3-1-12(2-4-13)7-8-23-20-24-10-15-18(25-20)26-21(29)27(19(15)28)14-5-6-16-17(9-14)31-11-30-16/h1-6,9-10H,7-8,11H2,(H2,23,24,25,26,29). The van der Waals surface area contributed by atoms with Crippen LogP contribution in [0, 0.1) is 0 Å². The molecule has 5 rings (SSSR count). The molecule has 156 valence electrons. The van der Waals surface area contributed by atoms with Gasteiger partial charge in [0, 0.05) is 23.8 Å². The lowest BCUT2D eigenvalue weighted by atomic mass is 10.1. The molecule has 2 aromatic carbocycles. The van der Waals surface area contributed by atoms with E-state index in [1.54, 1.807) is 18.2 Å². The minimum atomic E-state index is -0.609. The van der Waals surface area contributed by atoms with E-state index >= 15 is 0 Å². The molecule has 0 unspecified atom stereocenters. The molecule has 0 atom stereocenters. The maximum Gasteiger partial charge on any atom is 0.334 e. The molecule has 0 saturated carbocycles. The van der Waals surface area contributed by atoms with Crippen LogP contribution in [0.1, 0.15) is 5.56 Å². The van der Waals surface area contributed by atoms with Gasteiger partial charge in [0.15, 0.2) is 17.1 Å². The van der Waals surface area contributed by atoms with Gasteiger partial charge in [-0.3, -0.25) is 9.78 Å². The van der Waals surface area contributed by atoms with Gasteiger partial charge < -0.3 is 14.8 Å². The lowest BCUT2D eigenvalue weighted by Gasteiger charge is -2.08. The first-order chi connectivity index (χ1) is 15.1. The lowest BCUT2D eigenvalue weighted by molar-refractivity contribution is 0.174. The van der Waals surface area contributed by atoms with Crippen molar-refractivity contribution in [1.29, 1.82) is 0 Å². The highest BCUT2D eigenvalue weighted by atomic mass is 35.5. The first-order valence-corrected chi connectivity index (χ1v) is 9.87. The van der Waals surface area contributed by atoms with Crippen LogP contribution in [0.2, 0.25) is 5.02 Å². The minimum Gasteiger partial charge on any atom is -0.454 e. The largest absolute Gasteiger partial charge is 0.454 e. The second-order valence-electron chi connectivity index (χ2n) is 6.87. The summed E-state index contributed by atoms with van der Waals surface area (Å²) in [4.78, 5) is 36.7. The van der Waals surface area contributed by atoms with Crippen molar-refractivity contribution in [2.45, 2.75) is 6.42 Å². The van der Waals surface area contributed by atoms with Crippen LogP contribution >= 0.6 is 11.6 Å². The van der Waals surface area contributed by atoms with E-state index in [-0.39, 0.29) is 17.8 Å². The van der Waals surface area contributed by atoms with Gasteiger partial charge in [0.2, 0.25) is 12.7 Å². The van der Waals surface area contributed by atoms with E-state index in [4.69, 9.17) is 21.1 Å². The van der Waals surface area contributed by atoms with Crippen LogP contribution in [-0.4, -0.2) is 32.9 Å². The van der Waals surface area contributed by atoms with Gasteiger partial charge in [-0.05, 0) is 36.2 Å². The topological polar surface area (TPSA) is 111 Å². The summed E-state index contributed by atoms with van der Waals surface area (Å²) < 4.78 is 11.6. The SMILES string of the molecule is O=c1[nH]c2nc(NCCc3ccc(Cl)cc3)ncc2c(=O)n1-c1ccc2c(c1)OCO2. The fourth-order valence-electron chi connectivity index (χ4n) is 3.32. The van der Waals surface area contributed by atoms with Gasteiger partial charge in [0.25, 0.3) is 5.56 Å². The van der Waals surface area contributed by atoms with Crippen LogP contribution in [0.3, 0.4) is 0 Å². The lowest BCUT2D eigenvalue weighted by Crippen LogP contribution is -2.34. The average Bonchev–Trinajstić information content (AvgIpc) is 3.23. The van der Waals surface area contributed by atoms with E-state index in [1.807, 2.05) is 24.3 Å². The van der Waals surface area contributed by atoms with Gasteiger partial charge in [0.05, 0.1) is 5.69 Å². The zero-order valence-corrected chi connectivity index (χ0v) is 16.8. The van der Waals surface area contributed by atoms with E-state index in [0.29, 0.717) is 34.7 Å². The molecular weight excluding hydrogens is 422 g/mol. The highest BCUT2D eigenvalue weighted by Crippen LogP contribution is 2.33. The second kappa shape index (κ2) is 7.77. The van der Waals surface area contributed by atoms with Crippen molar-refractivity contribution in [1.82, 2.24) is 19.5 Å². The van der Waals surface area contributed by atoms with Gasteiger partial charge >= 0.3 is 5.69 Å². The zero-order chi connectivity index (χ0) is 21.4. The first-order valence-electron chi connectivity index (χ1n) is 9.49. The Morgan fingerprint density at radius 1 is 1.10 bits per heavy atom. The summed E-state index contributed by atoms with van der Waals surface area (Å²) in [5.74, 6) is 1.35. The van der Waals surface area contributed by atoms with Crippen LogP contribution in [0.4, 0.5) is 5.95 Å². The molecule has 1 aliphatic rings. The summed E-state index contributed by atoms with van der Waals surface area (Å²) in [5, 5.41) is 3.98. The molecule has 4 aromatic rings. The van der Waals surface area contributed by atoms with Gasteiger partial charge in [-0.25, -0.2) is 14.3 Å². The number of hydrogen-bond acceptors (Lipinski definition) is 7. The van der Waals surface area contributed by atoms with Crippen LogP contribution in [0.25, 0.3) is 16.7 Å². The molecule has 2 N–H and O–H groups in total. The molecule has 0 fully saturated rings. The Bertz CT molecular complexity index is 1400. The number of benzene rings is 2. The maximum atomic E-state index is 12.9. The van der Waals surface area contributed by atoms with Crippen molar-refractivity contribution in [2.24, 2.45) is 0 Å². The molecular formula is C21H16ClN5O4. The van der Waals surface area contributed by atoms with Crippen molar-refractivity contribution in [3.05, 3.63) is 80.1 Å². The molecule has 10 heteroatoms. The number of ether oxygens (including phenoxy) is 2. The fraction of sp³-hybridized carbons (Fsp3) is 0.143. The van der Waals surface area contributed by atoms with E-state index in [2.05, 4.69) is 20.3 Å². The van der Waals surface area contributed by atoms with Gasteiger partial charge in [-0.15, -0.1) is 0 Å². The number of hydrogen-bond donors (Lipinski definition) is 2. The minimum absolute atomic E-state index is 0.101. The number of aromatic amines is 1. The number of fused-ring (bicyclic) bond motifs is 2. The number of aromatic nitrogens is 4. The van der Waals surface area contributed by atoms with E-state index in [9.17, 15) is 9.59 Å². The average molecular weight is 438 g/mol. The molecule has 0 bridgehead atoms. The molecule has 0 radical (unpaired) electrons. The Balaban J connectivity index is 1.41. The quantitative estimate of drug-likeness (QED) is 0.493. The van der Waals surface area contributed by atoms with E-state index in [0.717, 1.165) is 16.6 Å². The molecule has 2 aromatic heterocycles. The summed E-state index contributed by atoms with van der Waals surface area (Å²) in [6, 6.07) is 12.4. The third kappa shape index (κ3) is 3.71. The Hall–Kier alpha value is -3.85. The highest BCUT2D eigenvalue weighted by Gasteiger charge is 2.17. The predicted octanol–water partition coefficient (Wildman–Crippen LogP) is 2.51. The number of halogens is 1. The van der Waals surface area contributed by atoms with Crippen LogP contribution in [0.5, 0.6) is 11.5 Å². The molecule has 0 saturated heterocycles. The summed E-state index contributed by atoms with van der Waals surface area (Å²) in [7, 11) is 0. The third-order valence-electron chi connectivity index (χ3n) is 4.88. The van der Waals surface area contributed by atoms with E-state index < -0.39 is 11.2 Å². The second-order valence-corrected chi connectivity index (χ2v) is 7.30. The third-order valence-corrected chi connectivity index (χ3v) is 5.13. The molecule has 1 aliphatic heterocycles. The van der Waals surface area contributed by atoms with Gasteiger partial charge in [-0.2, -0.15) is 4.98 Å². The van der Waals surface area contributed by atoms with Crippen molar-refractivity contribution in [3.63, 3.8) is 0 Å². The van der Waals surface area contributed by atoms with Gasteiger partial charge in [-0.1, -0.05) is 23.7 Å². The fourth-order valence-corrected chi connectivity index (χ4v) is 3.44. The van der Waals surface area contributed by atoms with Crippen molar-refractivity contribution in [3.8, 4) is 17.2 Å². The van der Waals surface area contributed by atoms with Crippen molar-refractivity contribution >= 4 is 28.6 Å². The van der Waals surface area contributed by atoms with Crippen molar-refractivity contribution < 1.29 is 9.47 Å². The highest BCUT2D eigenvalue weighted by molar-refractivity contribution is 6.30. The Labute approximate surface area is 180 Å². The van der Waals surface area contributed by atoms with Crippen molar-refractivity contribution in [2.75, 3.05) is 18.7 Å². The summed E-state index contributed by atoms with van der Waals surface area (Å²) in [6.07, 6.45) is 2.13. The number of rotatable bonds is 5. The Morgan fingerprint density at radius 2 is 1.90 bits per heavy atom. The number of anilines is 1. The summed E-state index contributed by atoms with van der Waals surface area (Å²) in [5.41, 5.74) is 0.503. The predicted molar refractivity (Wildman–Crippen MR) is 116 cm³/mol. The summed E-state index contributed by atoms with van der Waals surface area (Å²) in [6.45, 7) is 0.676. The van der Waals surface area contributed by atoms with Crippen LogP contribution < -0.4 is 26.0 Å². The molecule has 31 heavy (non-hydrogen) atoms. The van der Waals surface area contributed by atoms with Crippen LogP contribution in [0.15, 0.2) is 58.3 Å². The molecule has 0 aliphatic carbocycles. The van der Waals surface area contributed by atoms with Crippen LogP contribution in [-0.2, 0) is 6.42 Å². The first kappa shape index (κ1) is 19.1. The summed E-state index contributed by atoms with van der Waals surface area (Å²) >= 11 is 5.89. The number of nitrogens with one attached hydrogen (secondary N) is 2. The Morgan fingerprint density at radius 3 is 2.74 bits per heavy atom. The molecule has 3 heterocycles. The normalized spacial score (nSPS) is 12.3. The number of nitrogens with zero attached hydrogens (tertiary/aromatic N) is 3. The van der Waals surface area contributed by atoms with Gasteiger partial charge in [0.1, 0.15) is 5.39 Å². The molecule has 0 amide bonds. The smallest absolute Gasteiger partial charge is 0.334 e. The number of H-pyrrole nitrogens is 1. The zero-order valence-electron chi connectivity index (χ0n) is 16.1. The van der Waals surface area contributed by atoms with E-state index in [1.165, 1.54) is 6.20 Å². The maximum absolute atomic E-state index is 12.9. The Kier molecular flexibility index (Phi) is 4.79. The molecule has 9 nitrogen and oxygen atoms in total. The monoisotopic (exact) mass is 437 g/mol.